The molecule has 1 fully saturated rings. The Hall–Kier alpha value is -0.300. The Labute approximate surface area is 82.4 Å². The van der Waals surface area contributed by atoms with Gasteiger partial charge in [0.1, 0.15) is 0 Å². The van der Waals surface area contributed by atoms with E-state index in [2.05, 4.69) is 19.9 Å². The normalized spacial score (nSPS) is 27.1. The molecule has 1 heteroatoms. The molecule has 0 bridgehead atoms. The van der Waals surface area contributed by atoms with Crippen molar-refractivity contribution in [3.8, 4) is 0 Å². The largest absolute Gasteiger partial charge is 0.330 e. The van der Waals surface area contributed by atoms with Crippen molar-refractivity contribution in [1.29, 1.82) is 0 Å². The van der Waals surface area contributed by atoms with Crippen LogP contribution >= 0.6 is 0 Å². The molecule has 76 valence electrons. The molecule has 2 N–H and O–H groups in total. The van der Waals surface area contributed by atoms with Gasteiger partial charge in [0.25, 0.3) is 0 Å². The third-order valence-electron chi connectivity index (χ3n) is 3.14. The van der Waals surface area contributed by atoms with Crippen molar-refractivity contribution in [2.75, 3.05) is 6.54 Å². The van der Waals surface area contributed by atoms with Gasteiger partial charge in [-0.05, 0) is 50.5 Å². The van der Waals surface area contributed by atoms with Gasteiger partial charge in [-0.2, -0.15) is 0 Å². The Morgan fingerprint density at radius 1 is 1.54 bits per heavy atom. The van der Waals surface area contributed by atoms with E-state index in [4.69, 9.17) is 5.73 Å². The lowest BCUT2D eigenvalue weighted by Gasteiger charge is -2.27. The van der Waals surface area contributed by atoms with Crippen LogP contribution in [-0.4, -0.2) is 6.54 Å². The summed E-state index contributed by atoms with van der Waals surface area (Å²) in [7, 11) is 0. The highest BCUT2D eigenvalue weighted by Gasteiger charge is 2.19. The quantitative estimate of drug-likeness (QED) is 0.665. The average molecular weight is 181 g/mol. The third kappa shape index (κ3) is 3.51. The number of nitrogens with two attached hydrogens (primary N) is 1. The van der Waals surface area contributed by atoms with Crippen LogP contribution < -0.4 is 5.73 Å². The first-order chi connectivity index (χ1) is 6.24. The van der Waals surface area contributed by atoms with Crippen LogP contribution in [0.3, 0.4) is 0 Å². The van der Waals surface area contributed by atoms with Crippen LogP contribution in [0.1, 0.15) is 46.0 Å². The minimum atomic E-state index is 0.801. The fourth-order valence-corrected chi connectivity index (χ4v) is 2.17. The van der Waals surface area contributed by atoms with Crippen molar-refractivity contribution < 1.29 is 0 Å². The number of hydrogen-bond acceptors (Lipinski definition) is 1. The van der Waals surface area contributed by atoms with Crippen molar-refractivity contribution in [1.82, 2.24) is 0 Å². The highest BCUT2D eigenvalue weighted by molar-refractivity contribution is 5.06. The molecule has 1 aliphatic rings. The van der Waals surface area contributed by atoms with Crippen molar-refractivity contribution in [3.05, 3.63) is 11.6 Å². The second-order valence-electron chi connectivity index (χ2n) is 4.54. The predicted molar refractivity (Wildman–Crippen MR) is 58.6 cm³/mol. The van der Waals surface area contributed by atoms with E-state index in [1.807, 2.05) is 0 Å². The zero-order valence-electron chi connectivity index (χ0n) is 9.05. The van der Waals surface area contributed by atoms with Gasteiger partial charge in [0.2, 0.25) is 0 Å². The summed E-state index contributed by atoms with van der Waals surface area (Å²) in [6.45, 7) is 5.49. The molecule has 0 spiro atoms. The Morgan fingerprint density at radius 3 is 2.92 bits per heavy atom. The predicted octanol–water partition coefficient (Wildman–Crippen LogP) is 3.11. The topological polar surface area (TPSA) is 26.0 Å². The minimum absolute atomic E-state index is 0.801. The second-order valence-corrected chi connectivity index (χ2v) is 4.54. The molecule has 1 unspecified atom stereocenters. The number of hydrogen-bond donors (Lipinski definition) is 1. The van der Waals surface area contributed by atoms with E-state index in [1.54, 1.807) is 5.57 Å². The lowest BCUT2D eigenvalue weighted by molar-refractivity contribution is 0.319. The summed E-state index contributed by atoms with van der Waals surface area (Å²) in [5, 5.41) is 0. The van der Waals surface area contributed by atoms with Gasteiger partial charge in [0.05, 0.1) is 0 Å². The van der Waals surface area contributed by atoms with E-state index in [1.165, 1.54) is 25.7 Å². The molecule has 1 atom stereocenters. The van der Waals surface area contributed by atoms with Gasteiger partial charge >= 0.3 is 0 Å². The summed E-state index contributed by atoms with van der Waals surface area (Å²) in [6.07, 6.45) is 8.91. The standard InChI is InChI=1S/C12H23N/c1-10(2)12-7-3-5-11(9-12)6-4-8-13/h6,10,12H,3-5,7-9,13H2,1-2H3/b11-6-. The monoisotopic (exact) mass is 181 g/mol. The van der Waals surface area contributed by atoms with E-state index >= 15 is 0 Å². The Bertz CT molecular complexity index is 170. The first-order valence-corrected chi connectivity index (χ1v) is 5.62. The summed E-state index contributed by atoms with van der Waals surface area (Å²) in [6, 6.07) is 0. The van der Waals surface area contributed by atoms with Gasteiger partial charge in [-0.1, -0.05) is 25.5 Å². The lowest BCUT2D eigenvalue weighted by atomic mass is 9.79. The molecular formula is C12H23N. The SMILES string of the molecule is CC(C)C1CCC/C(=C/CCN)C1. The maximum Gasteiger partial charge on any atom is -0.00425 e. The summed E-state index contributed by atoms with van der Waals surface area (Å²) in [5.74, 6) is 1.78. The third-order valence-corrected chi connectivity index (χ3v) is 3.14. The second kappa shape index (κ2) is 5.43. The fourth-order valence-electron chi connectivity index (χ4n) is 2.17. The van der Waals surface area contributed by atoms with Gasteiger partial charge in [0.15, 0.2) is 0 Å². The molecule has 1 aliphatic carbocycles. The fraction of sp³-hybridized carbons (Fsp3) is 0.833. The first kappa shape index (κ1) is 10.8. The van der Waals surface area contributed by atoms with Gasteiger partial charge in [-0.15, -0.1) is 0 Å². The van der Waals surface area contributed by atoms with Gasteiger partial charge in [-0.25, -0.2) is 0 Å². The van der Waals surface area contributed by atoms with Crippen LogP contribution in [0.5, 0.6) is 0 Å². The number of allylic oxidation sites excluding steroid dienone is 1. The molecule has 0 aromatic carbocycles. The molecule has 0 heterocycles. The molecule has 0 aliphatic heterocycles. The van der Waals surface area contributed by atoms with E-state index in [0.29, 0.717) is 0 Å². The van der Waals surface area contributed by atoms with Crippen LogP contribution in [-0.2, 0) is 0 Å². The Kier molecular flexibility index (Phi) is 4.51. The molecule has 0 radical (unpaired) electrons. The van der Waals surface area contributed by atoms with E-state index < -0.39 is 0 Å². The highest BCUT2D eigenvalue weighted by atomic mass is 14.5. The Morgan fingerprint density at radius 2 is 2.31 bits per heavy atom. The zero-order valence-corrected chi connectivity index (χ0v) is 9.05. The van der Waals surface area contributed by atoms with Gasteiger partial charge in [-0.3, -0.25) is 0 Å². The molecule has 1 rings (SSSR count). The van der Waals surface area contributed by atoms with Gasteiger partial charge < -0.3 is 5.73 Å². The molecular weight excluding hydrogens is 158 g/mol. The van der Waals surface area contributed by atoms with E-state index in [0.717, 1.165) is 24.8 Å². The maximum atomic E-state index is 5.50. The summed E-state index contributed by atoms with van der Waals surface area (Å²) >= 11 is 0. The average Bonchev–Trinajstić information content (AvgIpc) is 2.15. The maximum absolute atomic E-state index is 5.50. The molecule has 0 aromatic heterocycles. The minimum Gasteiger partial charge on any atom is -0.330 e. The first-order valence-electron chi connectivity index (χ1n) is 5.62. The van der Waals surface area contributed by atoms with Gasteiger partial charge in [0, 0.05) is 0 Å². The van der Waals surface area contributed by atoms with E-state index in [-0.39, 0.29) is 0 Å². The van der Waals surface area contributed by atoms with Crippen LogP contribution in [0.15, 0.2) is 11.6 Å². The molecule has 1 saturated carbocycles. The Balaban J connectivity index is 2.41. The van der Waals surface area contributed by atoms with Crippen molar-refractivity contribution in [2.45, 2.75) is 46.0 Å². The molecule has 13 heavy (non-hydrogen) atoms. The molecule has 1 nitrogen and oxygen atoms in total. The molecule has 0 saturated heterocycles. The van der Waals surface area contributed by atoms with Crippen LogP contribution in [0.4, 0.5) is 0 Å². The summed E-state index contributed by atoms with van der Waals surface area (Å²) in [5.41, 5.74) is 7.16. The summed E-state index contributed by atoms with van der Waals surface area (Å²) < 4.78 is 0. The lowest BCUT2D eigenvalue weighted by Crippen LogP contribution is -2.14. The van der Waals surface area contributed by atoms with Crippen LogP contribution in [0, 0.1) is 11.8 Å². The smallest absolute Gasteiger partial charge is 0.00425 e. The molecule has 0 aromatic rings. The number of rotatable bonds is 3. The van der Waals surface area contributed by atoms with Crippen LogP contribution in [0.2, 0.25) is 0 Å². The van der Waals surface area contributed by atoms with E-state index in [9.17, 15) is 0 Å². The van der Waals surface area contributed by atoms with Crippen molar-refractivity contribution in [2.24, 2.45) is 17.6 Å². The zero-order chi connectivity index (χ0) is 9.68. The molecule has 0 amide bonds. The van der Waals surface area contributed by atoms with Crippen molar-refractivity contribution >= 4 is 0 Å². The van der Waals surface area contributed by atoms with Crippen LogP contribution in [0.25, 0.3) is 0 Å². The summed E-state index contributed by atoms with van der Waals surface area (Å²) in [4.78, 5) is 0. The van der Waals surface area contributed by atoms with Crippen molar-refractivity contribution in [3.63, 3.8) is 0 Å². The highest BCUT2D eigenvalue weighted by Crippen LogP contribution is 2.33.